The number of benzene rings is 1. The first kappa shape index (κ1) is 17.1. The third kappa shape index (κ3) is 3.68. The van der Waals surface area contributed by atoms with Crippen molar-refractivity contribution >= 4 is 42.6 Å². The molecule has 1 aliphatic heterocycles. The topological polar surface area (TPSA) is 88.6 Å². The van der Waals surface area contributed by atoms with Crippen molar-refractivity contribution in [3.05, 3.63) is 18.2 Å². The Morgan fingerprint density at radius 1 is 1.46 bits per heavy atom. The molecule has 0 spiro atoms. The number of thiazole rings is 1. The molecule has 1 saturated heterocycles. The number of hydrogen-bond donors (Lipinski definition) is 1. The molecule has 1 fully saturated rings. The van der Waals surface area contributed by atoms with Gasteiger partial charge in [0.25, 0.3) is 0 Å². The van der Waals surface area contributed by atoms with Crippen LogP contribution >= 0.6 is 11.3 Å². The summed E-state index contributed by atoms with van der Waals surface area (Å²) in [7, 11) is -1.67. The Balaban J connectivity index is 1.72. The second kappa shape index (κ2) is 6.66. The van der Waals surface area contributed by atoms with Crippen molar-refractivity contribution in [1.82, 2.24) is 9.29 Å². The van der Waals surface area contributed by atoms with Gasteiger partial charge in [-0.15, -0.1) is 0 Å². The van der Waals surface area contributed by atoms with E-state index >= 15 is 0 Å². The van der Waals surface area contributed by atoms with E-state index in [-0.39, 0.29) is 18.4 Å². The molecule has 0 aliphatic carbocycles. The van der Waals surface area contributed by atoms with Crippen LogP contribution in [-0.4, -0.2) is 50.1 Å². The molecule has 1 aromatic carbocycles. The Morgan fingerprint density at radius 2 is 2.25 bits per heavy atom. The molecule has 2 heterocycles. The molecule has 7 nitrogen and oxygen atoms in total. The largest absolute Gasteiger partial charge is 0.497 e. The van der Waals surface area contributed by atoms with Gasteiger partial charge in [-0.1, -0.05) is 11.3 Å². The summed E-state index contributed by atoms with van der Waals surface area (Å²) in [4.78, 5) is 16.8. The SMILES string of the molecule is COc1ccc2nc(NC(=O)C3CCCN(S(C)(=O)=O)C3)sc2c1. The van der Waals surface area contributed by atoms with E-state index in [1.54, 1.807) is 7.11 Å². The van der Waals surface area contributed by atoms with Crippen LogP contribution in [-0.2, 0) is 14.8 Å². The maximum Gasteiger partial charge on any atom is 0.230 e. The van der Waals surface area contributed by atoms with Crippen molar-refractivity contribution in [2.45, 2.75) is 12.8 Å². The number of sulfonamides is 1. The number of aromatic nitrogens is 1. The first-order valence-electron chi connectivity index (χ1n) is 7.57. The van der Waals surface area contributed by atoms with Gasteiger partial charge in [-0.2, -0.15) is 0 Å². The summed E-state index contributed by atoms with van der Waals surface area (Å²) < 4.78 is 30.8. The number of fused-ring (bicyclic) bond motifs is 1. The quantitative estimate of drug-likeness (QED) is 0.889. The zero-order valence-electron chi connectivity index (χ0n) is 13.5. The minimum atomic E-state index is -3.27. The molecule has 130 valence electrons. The Hall–Kier alpha value is -1.71. The van der Waals surface area contributed by atoms with Gasteiger partial charge < -0.3 is 10.1 Å². The highest BCUT2D eigenvalue weighted by Gasteiger charge is 2.30. The summed E-state index contributed by atoms with van der Waals surface area (Å²) in [5, 5.41) is 3.33. The van der Waals surface area contributed by atoms with E-state index in [2.05, 4.69) is 10.3 Å². The zero-order valence-corrected chi connectivity index (χ0v) is 15.1. The predicted molar refractivity (Wildman–Crippen MR) is 93.9 cm³/mol. The van der Waals surface area contributed by atoms with Crippen LogP contribution in [0.1, 0.15) is 12.8 Å². The van der Waals surface area contributed by atoms with Crippen LogP contribution in [0.15, 0.2) is 18.2 Å². The van der Waals surface area contributed by atoms with E-state index in [0.717, 1.165) is 16.0 Å². The average molecular weight is 369 g/mol. The van der Waals surface area contributed by atoms with Crippen molar-refractivity contribution in [3.63, 3.8) is 0 Å². The van der Waals surface area contributed by atoms with Crippen LogP contribution in [0.5, 0.6) is 5.75 Å². The summed E-state index contributed by atoms with van der Waals surface area (Å²) in [6.07, 6.45) is 2.53. The highest BCUT2D eigenvalue weighted by molar-refractivity contribution is 7.88. The zero-order chi connectivity index (χ0) is 17.3. The highest BCUT2D eigenvalue weighted by atomic mass is 32.2. The molecule has 1 aromatic heterocycles. The third-order valence-electron chi connectivity index (χ3n) is 4.05. The van der Waals surface area contributed by atoms with Crippen molar-refractivity contribution in [3.8, 4) is 5.75 Å². The molecular weight excluding hydrogens is 350 g/mol. The molecule has 2 aromatic rings. The van der Waals surface area contributed by atoms with E-state index in [0.29, 0.717) is 24.5 Å². The van der Waals surface area contributed by atoms with E-state index in [9.17, 15) is 13.2 Å². The lowest BCUT2D eigenvalue weighted by atomic mass is 9.99. The van der Waals surface area contributed by atoms with E-state index in [4.69, 9.17) is 4.74 Å². The van der Waals surface area contributed by atoms with Gasteiger partial charge in [0.15, 0.2) is 5.13 Å². The maximum absolute atomic E-state index is 12.4. The molecule has 3 rings (SSSR count). The lowest BCUT2D eigenvalue weighted by Crippen LogP contribution is -2.43. The normalized spacial score (nSPS) is 19.3. The van der Waals surface area contributed by atoms with E-state index in [1.807, 2.05) is 18.2 Å². The summed E-state index contributed by atoms with van der Waals surface area (Å²) in [5.41, 5.74) is 0.789. The van der Waals surface area contributed by atoms with Gasteiger partial charge in [-0.25, -0.2) is 17.7 Å². The number of methoxy groups -OCH3 is 1. The fourth-order valence-corrected chi connectivity index (χ4v) is 4.56. The molecule has 9 heteroatoms. The number of hydrogen-bond acceptors (Lipinski definition) is 6. The Kier molecular flexibility index (Phi) is 4.75. The third-order valence-corrected chi connectivity index (χ3v) is 6.25. The van der Waals surface area contributed by atoms with Crippen LogP contribution < -0.4 is 10.1 Å². The maximum atomic E-state index is 12.4. The predicted octanol–water partition coefficient (Wildman–Crippen LogP) is 1.92. The number of nitrogens with zero attached hydrogens (tertiary/aromatic N) is 2. The molecule has 24 heavy (non-hydrogen) atoms. The minimum absolute atomic E-state index is 0.186. The Labute approximate surface area is 144 Å². The molecule has 0 saturated carbocycles. The summed E-state index contributed by atoms with van der Waals surface area (Å²) in [6.45, 7) is 0.701. The molecule has 1 amide bonds. The number of carbonyl (C=O) groups is 1. The molecular formula is C15H19N3O4S2. The second-order valence-corrected chi connectivity index (χ2v) is 8.82. The standard InChI is InChI=1S/C15H19N3O4S2/c1-22-11-5-6-12-13(8-11)23-15(16-12)17-14(19)10-4-3-7-18(9-10)24(2,20)21/h5-6,8,10H,3-4,7,9H2,1-2H3,(H,16,17,19). The number of anilines is 1. The van der Waals surface area contributed by atoms with Crippen LogP contribution in [0.25, 0.3) is 10.2 Å². The monoisotopic (exact) mass is 369 g/mol. The summed E-state index contributed by atoms with van der Waals surface area (Å²) in [5.74, 6) is 0.199. The minimum Gasteiger partial charge on any atom is -0.497 e. The average Bonchev–Trinajstić information content (AvgIpc) is 2.95. The van der Waals surface area contributed by atoms with Crippen LogP contribution in [0, 0.1) is 5.92 Å². The Morgan fingerprint density at radius 3 is 2.96 bits per heavy atom. The lowest BCUT2D eigenvalue weighted by Gasteiger charge is -2.29. The molecule has 1 atom stereocenters. The first-order valence-corrected chi connectivity index (χ1v) is 10.2. The fraction of sp³-hybridized carbons (Fsp3) is 0.467. The van der Waals surface area contributed by atoms with Gasteiger partial charge in [-0.05, 0) is 31.0 Å². The van der Waals surface area contributed by atoms with Crippen LogP contribution in [0.4, 0.5) is 5.13 Å². The smallest absolute Gasteiger partial charge is 0.230 e. The van der Waals surface area contributed by atoms with Gasteiger partial charge in [-0.3, -0.25) is 4.79 Å². The van der Waals surface area contributed by atoms with Crippen LogP contribution in [0.3, 0.4) is 0 Å². The Bertz CT molecular complexity index is 863. The van der Waals surface area contributed by atoms with Crippen molar-refractivity contribution in [2.24, 2.45) is 5.92 Å². The number of carbonyl (C=O) groups excluding carboxylic acids is 1. The van der Waals surface area contributed by atoms with Gasteiger partial charge in [0.2, 0.25) is 15.9 Å². The van der Waals surface area contributed by atoms with Crippen molar-refractivity contribution in [1.29, 1.82) is 0 Å². The second-order valence-electron chi connectivity index (χ2n) is 5.80. The molecule has 1 N–H and O–H groups in total. The number of nitrogens with one attached hydrogen (secondary N) is 1. The van der Waals surface area contributed by atoms with Gasteiger partial charge in [0, 0.05) is 13.1 Å². The number of ether oxygens (including phenoxy) is 1. The highest BCUT2D eigenvalue weighted by Crippen LogP contribution is 2.30. The fourth-order valence-electron chi connectivity index (χ4n) is 2.75. The number of rotatable bonds is 4. The van der Waals surface area contributed by atoms with Crippen molar-refractivity contribution in [2.75, 3.05) is 31.8 Å². The van der Waals surface area contributed by atoms with E-state index in [1.165, 1.54) is 21.9 Å². The van der Waals surface area contributed by atoms with Gasteiger partial charge in [0.1, 0.15) is 5.75 Å². The number of piperidine rings is 1. The summed E-state index contributed by atoms with van der Waals surface area (Å²) in [6, 6.07) is 5.53. The van der Waals surface area contributed by atoms with E-state index < -0.39 is 10.0 Å². The molecule has 1 aliphatic rings. The van der Waals surface area contributed by atoms with Gasteiger partial charge >= 0.3 is 0 Å². The molecule has 0 bridgehead atoms. The van der Waals surface area contributed by atoms with Crippen LogP contribution in [0.2, 0.25) is 0 Å². The first-order chi connectivity index (χ1) is 11.4. The van der Waals surface area contributed by atoms with Gasteiger partial charge in [0.05, 0.1) is 29.5 Å². The number of amides is 1. The van der Waals surface area contributed by atoms with Crippen molar-refractivity contribution < 1.29 is 17.9 Å². The molecule has 1 unspecified atom stereocenters. The lowest BCUT2D eigenvalue weighted by molar-refractivity contribution is -0.120. The molecule has 0 radical (unpaired) electrons. The summed E-state index contributed by atoms with van der Waals surface area (Å²) >= 11 is 1.37.